The summed E-state index contributed by atoms with van der Waals surface area (Å²) < 4.78 is 2.55. The van der Waals surface area contributed by atoms with Gasteiger partial charge in [0.05, 0.1) is 11.0 Å². The van der Waals surface area contributed by atoms with Crippen LogP contribution in [-0.2, 0) is 0 Å². The lowest BCUT2D eigenvalue weighted by Gasteiger charge is -2.46. The second-order valence-corrected chi connectivity index (χ2v) is 10.6. The number of para-hydroxylation sites is 2. The molecule has 188 valence electrons. The van der Waals surface area contributed by atoms with Gasteiger partial charge in [-0.2, -0.15) is 0 Å². The Balaban J connectivity index is 0.00000144. The maximum absolute atomic E-state index is 5.13. The van der Waals surface area contributed by atoms with Crippen LogP contribution >= 0.6 is 24.8 Å². The molecule has 1 saturated heterocycles. The Labute approximate surface area is 221 Å². The number of hydrogen-bond acceptors (Lipinski definition) is 2. The molecule has 3 heterocycles. The van der Waals surface area contributed by atoms with Crippen LogP contribution in [0.25, 0.3) is 33.3 Å². The minimum Gasteiger partial charge on any atom is -0.361 e. The predicted molar refractivity (Wildman–Crippen MR) is 152 cm³/mol. The molecule has 1 aliphatic carbocycles. The highest BCUT2D eigenvalue weighted by atomic mass is 35.5. The Morgan fingerprint density at radius 2 is 1.60 bits per heavy atom. The first-order chi connectivity index (χ1) is 16.2. The maximum Gasteiger partial charge on any atom is 0.141 e. The molecule has 6 rings (SSSR count). The van der Waals surface area contributed by atoms with Crippen molar-refractivity contribution >= 4 is 46.8 Å². The van der Waals surface area contributed by atoms with E-state index in [9.17, 15) is 0 Å². The van der Waals surface area contributed by atoms with Gasteiger partial charge in [0, 0.05) is 41.9 Å². The number of imidazole rings is 1. The van der Waals surface area contributed by atoms with E-state index in [1.54, 1.807) is 0 Å². The number of nitrogens with one attached hydrogen (secondary N) is 1. The molecule has 2 aromatic carbocycles. The molecule has 0 amide bonds. The number of rotatable bonds is 3. The van der Waals surface area contributed by atoms with Crippen molar-refractivity contribution < 1.29 is 0 Å². The molecular formula is C29H38Cl2N4. The van der Waals surface area contributed by atoms with Crippen LogP contribution in [0.1, 0.15) is 70.8 Å². The predicted octanol–water partition coefficient (Wildman–Crippen LogP) is 8.17. The van der Waals surface area contributed by atoms with Gasteiger partial charge in [-0.3, -0.25) is 4.90 Å². The van der Waals surface area contributed by atoms with Gasteiger partial charge in [-0.05, 0) is 62.3 Å². The Hall–Kier alpha value is -2.01. The number of nitrogens with zero attached hydrogens (tertiary/aromatic N) is 3. The molecule has 0 bridgehead atoms. The number of H-pyrrole nitrogens is 1. The molecule has 1 aliphatic heterocycles. The van der Waals surface area contributed by atoms with Gasteiger partial charge in [0.2, 0.25) is 0 Å². The fourth-order valence-corrected chi connectivity index (χ4v) is 6.45. The van der Waals surface area contributed by atoms with E-state index in [1.807, 2.05) is 6.20 Å². The van der Waals surface area contributed by atoms with Gasteiger partial charge in [-0.1, -0.05) is 56.4 Å². The summed E-state index contributed by atoms with van der Waals surface area (Å²) in [5, 5.41) is 1.25. The highest BCUT2D eigenvalue weighted by Crippen LogP contribution is 2.38. The zero-order valence-corrected chi connectivity index (χ0v) is 22.3. The van der Waals surface area contributed by atoms with Crippen molar-refractivity contribution in [2.45, 2.75) is 76.3 Å². The summed E-state index contributed by atoms with van der Waals surface area (Å²) in [4.78, 5) is 11.3. The lowest BCUT2D eigenvalue weighted by atomic mass is 9.82. The first-order valence-corrected chi connectivity index (χ1v) is 13.0. The SMILES string of the molecule is CC1(N2CCC(n3c(-c4ccc5cc[nH]c5c4)nc4ccccc43)CC2)CCCCCCC1.Cl.Cl. The van der Waals surface area contributed by atoms with Crippen molar-refractivity contribution in [3.8, 4) is 11.4 Å². The van der Waals surface area contributed by atoms with Crippen molar-refractivity contribution in [2.24, 2.45) is 0 Å². The monoisotopic (exact) mass is 512 g/mol. The van der Waals surface area contributed by atoms with Crippen molar-refractivity contribution in [3.05, 3.63) is 54.7 Å². The Bertz CT molecular complexity index is 1240. The Morgan fingerprint density at radius 3 is 2.37 bits per heavy atom. The molecule has 0 spiro atoms. The van der Waals surface area contributed by atoms with Crippen LogP contribution in [0.4, 0.5) is 0 Å². The number of likely N-dealkylation sites (tertiary alicyclic amines) is 1. The number of benzene rings is 2. The van der Waals surface area contributed by atoms with Crippen LogP contribution in [0.5, 0.6) is 0 Å². The minimum atomic E-state index is 0. The smallest absolute Gasteiger partial charge is 0.141 e. The molecule has 0 atom stereocenters. The van der Waals surface area contributed by atoms with Gasteiger partial charge in [-0.15, -0.1) is 24.8 Å². The zero-order chi connectivity index (χ0) is 22.3. The molecule has 2 aromatic heterocycles. The summed E-state index contributed by atoms with van der Waals surface area (Å²) in [5.74, 6) is 1.11. The highest BCUT2D eigenvalue weighted by Gasteiger charge is 2.35. The maximum atomic E-state index is 5.13. The molecule has 2 fully saturated rings. The van der Waals surface area contributed by atoms with Gasteiger partial charge in [0.1, 0.15) is 5.82 Å². The molecule has 1 saturated carbocycles. The van der Waals surface area contributed by atoms with E-state index >= 15 is 0 Å². The van der Waals surface area contributed by atoms with Crippen LogP contribution in [0.2, 0.25) is 0 Å². The van der Waals surface area contributed by atoms with Crippen LogP contribution < -0.4 is 0 Å². The van der Waals surface area contributed by atoms with Crippen molar-refractivity contribution in [1.82, 2.24) is 19.4 Å². The van der Waals surface area contributed by atoms with E-state index < -0.39 is 0 Å². The Kier molecular flexibility index (Phi) is 8.15. The average molecular weight is 514 g/mol. The van der Waals surface area contributed by atoms with Crippen LogP contribution in [-0.4, -0.2) is 38.1 Å². The van der Waals surface area contributed by atoms with Gasteiger partial charge < -0.3 is 9.55 Å². The molecule has 4 nitrogen and oxygen atoms in total. The van der Waals surface area contributed by atoms with E-state index in [1.165, 1.54) is 92.9 Å². The number of aromatic nitrogens is 3. The van der Waals surface area contributed by atoms with Crippen LogP contribution in [0.3, 0.4) is 0 Å². The fourth-order valence-electron chi connectivity index (χ4n) is 6.45. The van der Waals surface area contributed by atoms with E-state index in [-0.39, 0.29) is 24.8 Å². The topological polar surface area (TPSA) is 36.9 Å². The Morgan fingerprint density at radius 1 is 0.886 bits per heavy atom. The van der Waals surface area contributed by atoms with Gasteiger partial charge >= 0.3 is 0 Å². The summed E-state index contributed by atoms with van der Waals surface area (Å²) in [6, 6.07) is 18.0. The van der Waals surface area contributed by atoms with Crippen LogP contribution in [0.15, 0.2) is 54.7 Å². The summed E-state index contributed by atoms with van der Waals surface area (Å²) in [6.45, 7) is 4.94. The number of piperidine rings is 1. The molecule has 6 heteroatoms. The standard InChI is InChI=1S/C29H36N4.2ClH/c1-29(16-7-3-2-4-8-17-29)32-19-14-24(15-20-32)33-27-10-6-5-9-25(27)31-28(33)23-12-11-22-13-18-30-26(22)21-23;;/h5-6,9-13,18,21,24,30H,2-4,7-8,14-17,19-20H2,1H3;2*1H. The van der Waals surface area contributed by atoms with E-state index in [0.29, 0.717) is 11.6 Å². The third-order valence-electron chi connectivity index (χ3n) is 8.43. The number of aromatic amines is 1. The molecule has 35 heavy (non-hydrogen) atoms. The van der Waals surface area contributed by atoms with E-state index in [0.717, 1.165) is 11.3 Å². The summed E-state index contributed by atoms with van der Waals surface area (Å²) in [6.07, 6.45) is 14.2. The number of fused-ring (bicyclic) bond motifs is 2. The molecule has 4 aromatic rings. The summed E-state index contributed by atoms with van der Waals surface area (Å²) in [7, 11) is 0. The number of halogens is 2. The van der Waals surface area contributed by atoms with Crippen molar-refractivity contribution in [1.29, 1.82) is 0 Å². The first kappa shape index (κ1) is 26.1. The van der Waals surface area contributed by atoms with Gasteiger partial charge in [0.15, 0.2) is 0 Å². The second-order valence-electron chi connectivity index (χ2n) is 10.6. The number of hydrogen-bond donors (Lipinski definition) is 1. The molecule has 0 unspecified atom stereocenters. The molecule has 2 aliphatic rings. The van der Waals surface area contributed by atoms with Crippen molar-refractivity contribution in [2.75, 3.05) is 13.1 Å². The van der Waals surface area contributed by atoms with Gasteiger partial charge in [0.25, 0.3) is 0 Å². The third kappa shape index (κ3) is 4.98. The molecule has 1 N–H and O–H groups in total. The average Bonchev–Trinajstić information content (AvgIpc) is 3.46. The third-order valence-corrected chi connectivity index (χ3v) is 8.43. The first-order valence-electron chi connectivity index (χ1n) is 13.0. The normalized spacial score (nSPS) is 19.6. The largest absolute Gasteiger partial charge is 0.361 e. The highest BCUT2D eigenvalue weighted by molar-refractivity contribution is 5.86. The minimum absolute atomic E-state index is 0. The summed E-state index contributed by atoms with van der Waals surface area (Å²) >= 11 is 0. The molecule has 0 radical (unpaired) electrons. The second kappa shape index (κ2) is 10.9. The van der Waals surface area contributed by atoms with E-state index in [2.05, 4.69) is 69.9 Å². The lowest BCUT2D eigenvalue weighted by Crippen LogP contribution is -2.50. The van der Waals surface area contributed by atoms with Crippen molar-refractivity contribution in [3.63, 3.8) is 0 Å². The quantitative estimate of drug-likeness (QED) is 0.300. The fraction of sp³-hybridized carbons (Fsp3) is 0.483. The van der Waals surface area contributed by atoms with E-state index in [4.69, 9.17) is 4.98 Å². The van der Waals surface area contributed by atoms with Gasteiger partial charge in [-0.25, -0.2) is 4.98 Å². The van der Waals surface area contributed by atoms with Crippen LogP contribution in [0, 0.1) is 0 Å². The summed E-state index contributed by atoms with van der Waals surface area (Å²) in [5.41, 5.74) is 5.15. The lowest BCUT2D eigenvalue weighted by molar-refractivity contribution is 0.0443. The molecular weight excluding hydrogens is 475 g/mol. The zero-order valence-electron chi connectivity index (χ0n) is 20.7.